The molecule has 0 aliphatic heterocycles. The molecule has 0 bridgehead atoms. The molecule has 2 aromatic carbocycles. The van der Waals surface area contributed by atoms with E-state index in [9.17, 15) is 0 Å². The number of ether oxygens (including phenoxy) is 2. The van der Waals surface area contributed by atoms with E-state index in [4.69, 9.17) is 9.47 Å². The Morgan fingerprint density at radius 3 is 2.41 bits per heavy atom. The van der Waals surface area contributed by atoms with Crippen LogP contribution in [0, 0.1) is 0 Å². The Labute approximate surface area is 159 Å². The molecule has 0 radical (unpaired) electrons. The second-order valence-corrected chi connectivity index (χ2v) is 6.23. The molecule has 0 aliphatic rings. The van der Waals surface area contributed by atoms with Crippen molar-refractivity contribution in [3.05, 3.63) is 72.3 Å². The fraction of sp³-hybridized carbons (Fsp3) is 0.286. The van der Waals surface area contributed by atoms with E-state index in [1.807, 2.05) is 36.4 Å². The quantitative estimate of drug-likeness (QED) is 0.423. The van der Waals surface area contributed by atoms with Crippen molar-refractivity contribution in [2.24, 2.45) is 5.10 Å². The Morgan fingerprint density at radius 1 is 1.00 bits per heavy atom. The van der Waals surface area contributed by atoms with Crippen molar-refractivity contribution >= 4 is 6.21 Å². The molecule has 3 rings (SSSR count). The van der Waals surface area contributed by atoms with Gasteiger partial charge >= 0.3 is 0 Å². The molecule has 0 amide bonds. The van der Waals surface area contributed by atoms with Crippen LogP contribution in [0.4, 0.5) is 0 Å². The summed E-state index contributed by atoms with van der Waals surface area (Å²) in [7, 11) is 0. The summed E-state index contributed by atoms with van der Waals surface area (Å²) in [4.78, 5) is 0. The van der Waals surface area contributed by atoms with Gasteiger partial charge < -0.3 is 9.47 Å². The summed E-state index contributed by atoms with van der Waals surface area (Å²) in [5.41, 5.74) is 2.27. The van der Waals surface area contributed by atoms with Crippen molar-refractivity contribution in [2.75, 3.05) is 13.2 Å². The van der Waals surface area contributed by atoms with Crippen LogP contribution in [0.15, 0.2) is 66.3 Å². The van der Waals surface area contributed by atoms with E-state index in [-0.39, 0.29) is 0 Å². The zero-order chi connectivity index (χ0) is 18.9. The van der Waals surface area contributed by atoms with Crippen molar-refractivity contribution in [1.82, 2.24) is 14.9 Å². The Kier molecular flexibility index (Phi) is 6.57. The maximum atomic E-state index is 5.77. The molecule has 0 saturated heterocycles. The lowest BCUT2D eigenvalue weighted by Gasteiger charge is -2.11. The van der Waals surface area contributed by atoms with Crippen molar-refractivity contribution in [2.45, 2.75) is 26.2 Å². The van der Waals surface area contributed by atoms with Crippen molar-refractivity contribution in [3.63, 3.8) is 0 Å². The lowest BCUT2D eigenvalue weighted by Crippen LogP contribution is -2.09. The number of hydrogen-bond acceptors (Lipinski definition) is 5. The first-order valence-electron chi connectivity index (χ1n) is 9.09. The number of aromatic nitrogens is 3. The number of benzene rings is 2. The molecule has 0 aliphatic carbocycles. The molecule has 1 unspecified atom stereocenters. The van der Waals surface area contributed by atoms with Crippen LogP contribution >= 0.6 is 0 Å². The highest BCUT2D eigenvalue weighted by Crippen LogP contribution is 2.21. The molecule has 3 aromatic rings. The maximum absolute atomic E-state index is 5.77. The van der Waals surface area contributed by atoms with Crippen LogP contribution in [0.25, 0.3) is 0 Å². The van der Waals surface area contributed by atoms with Gasteiger partial charge in [-0.15, -0.1) is 10.2 Å². The summed E-state index contributed by atoms with van der Waals surface area (Å²) >= 11 is 0. The second kappa shape index (κ2) is 9.52. The molecule has 0 N–H and O–H groups in total. The molecule has 1 aromatic heterocycles. The van der Waals surface area contributed by atoms with Gasteiger partial charge in [-0.25, -0.2) is 4.68 Å². The third-order valence-corrected chi connectivity index (χ3v) is 4.29. The Bertz CT molecular complexity index is 845. The van der Waals surface area contributed by atoms with Crippen LogP contribution in [0.2, 0.25) is 0 Å². The minimum absolute atomic E-state index is 0.471. The van der Waals surface area contributed by atoms with Crippen molar-refractivity contribution in [1.29, 1.82) is 0 Å². The van der Waals surface area contributed by atoms with Gasteiger partial charge in [0.1, 0.15) is 37.4 Å². The third kappa shape index (κ3) is 5.67. The molecule has 6 heteroatoms. The highest BCUT2D eigenvalue weighted by Gasteiger charge is 2.03. The Morgan fingerprint density at radius 2 is 1.70 bits per heavy atom. The number of rotatable bonds is 9. The summed E-state index contributed by atoms with van der Waals surface area (Å²) in [5, 5.41) is 11.6. The first kappa shape index (κ1) is 18.6. The van der Waals surface area contributed by atoms with Crippen LogP contribution in [0.1, 0.15) is 37.3 Å². The predicted octanol–water partition coefficient (Wildman–Crippen LogP) is 4.13. The molecule has 1 atom stereocenters. The summed E-state index contributed by atoms with van der Waals surface area (Å²) < 4.78 is 13.1. The fourth-order valence-corrected chi connectivity index (χ4v) is 2.52. The molecule has 0 fully saturated rings. The zero-order valence-electron chi connectivity index (χ0n) is 15.7. The molecule has 6 nitrogen and oxygen atoms in total. The first-order valence-corrected chi connectivity index (χ1v) is 9.09. The largest absolute Gasteiger partial charge is 0.490 e. The smallest absolute Gasteiger partial charge is 0.141 e. The summed E-state index contributed by atoms with van der Waals surface area (Å²) in [5.74, 6) is 2.21. The number of nitrogens with zero attached hydrogens (tertiary/aromatic N) is 4. The Balaban J connectivity index is 1.46. The van der Waals surface area contributed by atoms with E-state index in [0.29, 0.717) is 19.1 Å². The van der Waals surface area contributed by atoms with Gasteiger partial charge in [-0.3, -0.25) is 0 Å². The summed E-state index contributed by atoms with van der Waals surface area (Å²) in [6.07, 6.45) is 5.93. The normalized spacial score (nSPS) is 12.2. The van der Waals surface area contributed by atoms with Gasteiger partial charge in [0.2, 0.25) is 0 Å². The monoisotopic (exact) mass is 364 g/mol. The summed E-state index contributed by atoms with van der Waals surface area (Å²) in [6, 6.07) is 16.0. The average molecular weight is 364 g/mol. The van der Waals surface area contributed by atoms with E-state index in [1.165, 1.54) is 22.9 Å². The molecular weight excluding hydrogens is 340 g/mol. The van der Waals surface area contributed by atoms with Gasteiger partial charge in [0.05, 0.1) is 6.21 Å². The van der Waals surface area contributed by atoms with Crippen molar-refractivity contribution in [3.8, 4) is 11.5 Å². The topological polar surface area (TPSA) is 61.5 Å². The highest BCUT2D eigenvalue weighted by molar-refractivity contribution is 5.80. The Hall–Kier alpha value is -3.15. The van der Waals surface area contributed by atoms with Crippen LogP contribution in [-0.2, 0) is 0 Å². The lowest BCUT2D eigenvalue weighted by molar-refractivity contribution is 0.217. The van der Waals surface area contributed by atoms with E-state index in [1.54, 1.807) is 6.21 Å². The zero-order valence-corrected chi connectivity index (χ0v) is 15.7. The van der Waals surface area contributed by atoms with E-state index in [2.05, 4.69) is 41.3 Å². The SMILES string of the molecule is CCC(C)c1ccc(OCCOc2cccc(C=Nn3cnnc3)c2)cc1. The molecule has 0 saturated carbocycles. The average Bonchev–Trinajstić information content (AvgIpc) is 3.23. The molecule has 27 heavy (non-hydrogen) atoms. The minimum atomic E-state index is 0.471. The van der Waals surface area contributed by atoms with Crippen LogP contribution in [-0.4, -0.2) is 34.3 Å². The maximum Gasteiger partial charge on any atom is 0.141 e. The van der Waals surface area contributed by atoms with Crippen molar-refractivity contribution < 1.29 is 9.47 Å². The molecular formula is C21H24N4O2. The van der Waals surface area contributed by atoms with E-state index >= 15 is 0 Å². The van der Waals surface area contributed by atoms with Crippen LogP contribution in [0.5, 0.6) is 11.5 Å². The van der Waals surface area contributed by atoms with Crippen LogP contribution in [0.3, 0.4) is 0 Å². The fourth-order valence-electron chi connectivity index (χ4n) is 2.52. The molecule has 0 spiro atoms. The lowest BCUT2D eigenvalue weighted by atomic mass is 9.99. The first-order chi connectivity index (χ1) is 13.2. The second-order valence-electron chi connectivity index (χ2n) is 6.23. The molecule has 140 valence electrons. The van der Waals surface area contributed by atoms with E-state index < -0.39 is 0 Å². The van der Waals surface area contributed by atoms with Gasteiger partial charge in [-0.1, -0.05) is 38.1 Å². The van der Waals surface area contributed by atoms with Crippen LogP contribution < -0.4 is 9.47 Å². The predicted molar refractivity (Wildman–Crippen MR) is 106 cm³/mol. The summed E-state index contributed by atoms with van der Waals surface area (Å²) in [6.45, 7) is 5.39. The standard InChI is InChI=1S/C21H24N4O2/c1-3-17(2)19-7-9-20(10-8-19)26-11-12-27-21-6-4-5-18(13-21)14-24-25-15-22-23-16-25/h4-10,13-17H,3,11-12H2,1-2H3. The van der Waals surface area contributed by atoms with Gasteiger partial charge in [0.15, 0.2) is 0 Å². The minimum Gasteiger partial charge on any atom is -0.490 e. The molecule has 1 heterocycles. The number of hydrogen-bond donors (Lipinski definition) is 0. The highest BCUT2D eigenvalue weighted by atomic mass is 16.5. The van der Waals surface area contributed by atoms with E-state index in [0.717, 1.165) is 23.5 Å². The van der Waals surface area contributed by atoms with Gasteiger partial charge in [0, 0.05) is 0 Å². The van der Waals surface area contributed by atoms with Gasteiger partial charge in [0.25, 0.3) is 0 Å². The van der Waals surface area contributed by atoms with Gasteiger partial charge in [-0.2, -0.15) is 5.10 Å². The third-order valence-electron chi connectivity index (χ3n) is 4.29. The van der Waals surface area contributed by atoms with Gasteiger partial charge in [-0.05, 0) is 47.7 Å².